The summed E-state index contributed by atoms with van der Waals surface area (Å²) < 4.78 is 0. The summed E-state index contributed by atoms with van der Waals surface area (Å²) >= 11 is 17.9. The van der Waals surface area contributed by atoms with E-state index in [2.05, 4.69) is 0 Å². The van der Waals surface area contributed by atoms with Crippen LogP contribution in [0.1, 0.15) is 31.8 Å². The van der Waals surface area contributed by atoms with E-state index in [1.807, 2.05) is 0 Å². The van der Waals surface area contributed by atoms with Gasteiger partial charge in [0.15, 0.2) is 11.6 Å². The first-order valence-corrected chi connectivity index (χ1v) is 9.09. The highest BCUT2D eigenvalue weighted by Crippen LogP contribution is 2.25. The van der Waals surface area contributed by atoms with Crippen LogP contribution < -0.4 is 0 Å². The summed E-state index contributed by atoms with van der Waals surface area (Å²) in [7, 11) is 0. The van der Waals surface area contributed by atoms with Crippen molar-refractivity contribution >= 4 is 46.4 Å². The Hall–Kier alpha value is -2.33. The number of hydrogen-bond acceptors (Lipinski definition) is 3. The van der Waals surface area contributed by atoms with E-state index in [-0.39, 0.29) is 34.3 Å². The summed E-state index contributed by atoms with van der Waals surface area (Å²) in [6.07, 6.45) is -0.0530. The third-order valence-electron chi connectivity index (χ3n) is 4.03. The Kier molecular flexibility index (Phi) is 5.85. The molecular formula is C21H13Cl3O3. The highest BCUT2D eigenvalue weighted by atomic mass is 35.5. The predicted molar refractivity (Wildman–Crippen MR) is 107 cm³/mol. The lowest BCUT2D eigenvalue weighted by Crippen LogP contribution is -2.08. The summed E-state index contributed by atoms with van der Waals surface area (Å²) in [6.45, 7) is 0. The number of phenolic OH excluding ortho intramolecular Hbond substituents is 1. The maximum atomic E-state index is 12.7. The molecule has 0 saturated carbocycles. The second kappa shape index (κ2) is 8.13. The minimum Gasteiger partial charge on any atom is -0.508 e. The maximum absolute atomic E-state index is 12.7. The summed E-state index contributed by atoms with van der Waals surface area (Å²) in [5, 5.41) is 11.1. The van der Waals surface area contributed by atoms with Crippen LogP contribution in [-0.2, 0) is 6.42 Å². The van der Waals surface area contributed by atoms with E-state index < -0.39 is 0 Å². The molecule has 0 radical (unpaired) electrons. The van der Waals surface area contributed by atoms with Crippen LogP contribution in [0.4, 0.5) is 0 Å². The molecule has 0 atom stereocenters. The molecule has 27 heavy (non-hydrogen) atoms. The standard InChI is InChI=1S/C21H13Cl3O3/c22-15-4-1-12(2-5-15)21(27)17-10-13(3-7-18(17)24)20(26)11-14-9-16(23)6-8-19(14)25/h1-10,25H,11H2. The van der Waals surface area contributed by atoms with Crippen LogP contribution in [-0.4, -0.2) is 16.7 Å². The smallest absolute Gasteiger partial charge is 0.194 e. The van der Waals surface area contributed by atoms with Gasteiger partial charge in [-0.3, -0.25) is 9.59 Å². The number of ketones is 2. The van der Waals surface area contributed by atoms with Crippen molar-refractivity contribution in [2.75, 3.05) is 0 Å². The van der Waals surface area contributed by atoms with Crippen molar-refractivity contribution in [1.29, 1.82) is 0 Å². The van der Waals surface area contributed by atoms with E-state index in [0.717, 1.165) is 0 Å². The number of aromatic hydroxyl groups is 1. The highest BCUT2D eigenvalue weighted by Gasteiger charge is 2.17. The van der Waals surface area contributed by atoms with Gasteiger partial charge in [-0.1, -0.05) is 34.8 Å². The molecule has 0 aliphatic heterocycles. The number of carbonyl (C=O) groups excluding carboxylic acids is 2. The number of phenols is 1. The molecule has 6 heteroatoms. The van der Waals surface area contributed by atoms with Crippen LogP contribution >= 0.6 is 34.8 Å². The fourth-order valence-corrected chi connectivity index (χ4v) is 3.12. The minimum atomic E-state index is -0.308. The zero-order valence-corrected chi connectivity index (χ0v) is 16.1. The van der Waals surface area contributed by atoms with E-state index >= 15 is 0 Å². The molecule has 136 valence electrons. The average molecular weight is 420 g/mol. The van der Waals surface area contributed by atoms with E-state index in [4.69, 9.17) is 34.8 Å². The van der Waals surface area contributed by atoms with Crippen molar-refractivity contribution in [3.63, 3.8) is 0 Å². The zero-order chi connectivity index (χ0) is 19.6. The van der Waals surface area contributed by atoms with E-state index in [1.54, 1.807) is 30.3 Å². The lowest BCUT2D eigenvalue weighted by atomic mass is 9.97. The Bertz CT molecular complexity index is 1030. The fraction of sp³-hybridized carbons (Fsp3) is 0.0476. The van der Waals surface area contributed by atoms with Crippen LogP contribution in [0.25, 0.3) is 0 Å². The number of rotatable bonds is 5. The van der Waals surface area contributed by atoms with Gasteiger partial charge in [-0.2, -0.15) is 0 Å². The lowest BCUT2D eigenvalue weighted by Gasteiger charge is -2.08. The second-order valence-electron chi connectivity index (χ2n) is 5.90. The molecule has 0 unspecified atom stereocenters. The Labute approximate surface area is 171 Å². The fourth-order valence-electron chi connectivity index (χ4n) is 2.60. The number of benzene rings is 3. The molecule has 0 spiro atoms. The molecule has 0 aromatic heterocycles. The van der Waals surface area contributed by atoms with Gasteiger partial charge >= 0.3 is 0 Å². The first kappa shape index (κ1) is 19.4. The van der Waals surface area contributed by atoms with Crippen molar-refractivity contribution in [2.45, 2.75) is 6.42 Å². The van der Waals surface area contributed by atoms with Crippen LogP contribution in [0.5, 0.6) is 5.75 Å². The Morgan fingerprint density at radius 2 is 1.41 bits per heavy atom. The summed E-state index contributed by atoms with van der Waals surface area (Å²) in [5.41, 5.74) is 1.36. The molecule has 3 nitrogen and oxygen atoms in total. The van der Waals surface area contributed by atoms with Crippen molar-refractivity contribution in [3.8, 4) is 5.75 Å². The number of halogens is 3. The molecule has 0 aliphatic carbocycles. The molecule has 0 amide bonds. The molecule has 3 rings (SSSR count). The van der Waals surface area contributed by atoms with Gasteiger partial charge in [0.25, 0.3) is 0 Å². The van der Waals surface area contributed by atoms with Gasteiger partial charge in [0.2, 0.25) is 0 Å². The van der Waals surface area contributed by atoms with Crippen molar-refractivity contribution in [1.82, 2.24) is 0 Å². The van der Waals surface area contributed by atoms with Crippen LogP contribution in [0, 0.1) is 0 Å². The van der Waals surface area contributed by atoms with Gasteiger partial charge in [-0.15, -0.1) is 0 Å². The Morgan fingerprint density at radius 3 is 2.11 bits per heavy atom. The van der Waals surface area contributed by atoms with Crippen LogP contribution in [0.15, 0.2) is 60.7 Å². The quantitative estimate of drug-likeness (QED) is 0.515. The predicted octanol–water partition coefficient (Wildman–Crippen LogP) is 6.01. The van der Waals surface area contributed by atoms with E-state index in [0.29, 0.717) is 26.7 Å². The lowest BCUT2D eigenvalue weighted by molar-refractivity contribution is 0.0992. The monoisotopic (exact) mass is 418 g/mol. The van der Waals surface area contributed by atoms with Gasteiger partial charge in [0.1, 0.15) is 5.75 Å². The third-order valence-corrected chi connectivity index (χ3v) is 4.85. The summed E-state index contributed by atoms with van der Waals surface area (Å²) in [4.78, 5) is 25.3. The third kappa shape index (κ3) is 4.51. The molecule has 0 fully saturated rings. The SMILES string of the molecule is O=C(Cc1cc(Cl)ccc1O)c1ccc(Cl)c(C(=O)c2ccc(Cl)cc2)c1. The minimum absolute atomic E-state index is 0.0147. The van der Waals surface area contributed by atoms with Crippen LogP contribution in [0.3, 0.4) is 0 Å². The first-order chi connectivity index (χ1) is 12.8. The van der Waals surface area contributed by atoms with Gasteiger partial charge < -0.3 is 5.11 Å². The van der Waals surface area contributed by atoms with E-state index in [1.165, 1.54) is 30.3 Å². The van der Waals surface area contributed by atoms with Crippen molar-refractivity contribution in [3.05, 3.63) is 98.0 Å². The van der Waals surface area contributed by atoms with Crippen LogP contribution in [0.2, 0.25) is 15.1 Å². The number of Topliss-reactive ketones (excluding diaryl/α,β-unsaturated/α-hetero) is 1. The summed E-state index contributed by atoms with van der Waals surface area (Å²) in [5.74, 6) is -0.592. The van der Waals surface area contributed by atoms with Gasteiger partial charge in [-0.25, -0.2) is 0 Å². The largest absolute Gasteiger partial charge is 0.508 e. The van der Waals surface area contributed by atoms with Crippen molar-refractivity contribution < 1.29 is 14.7 Å². The number of carbonyl (C=O) groups is 2. The molecule has 3 aromatic carbocycles. The molecule has 0 saturated heterocycles. The second-order valence-corrected chi connectivity index (χ2v) is 7.18. The molecule has 0 aliphatic rings. The Morgan fingerprint density at radius 1 is 0.778 bits per heavy atom. The molecule has 0 heterocycles. The zero-order valence-electron chi connectivity index (χ0n) is 13.9. The van der Waals surface area contributed by atoms with Gasteiger partial charge in [0.05, 0.1) is 5.02 Å². The average Bonchev–Trinajstić information content (AvgIpc) is 2.65. The highest BCUT2D eigenvalue weighted by molar-refractivity contribution is 6.35. The molecule has 0 bridgehead atoms. The normalized spacial score (nSPS) is 10.6. The molecule has 3 aromatic rings. The Balaban J connectivity index is 1.90. The summed E-state index contributed by atoms with van der Waals surface area (Å²) in [6, 6.07) is 15.4. The maximum Gasteiger partial charge on any atom is 0.194 e. The molecular weight excluding hydrogens is 407 g/mol. The molecule has 1 N–H and O–H groups in total. The van der Waals surface area contributed by atoms with E-state index in [9.17, 15) is 14.7 Å². The topological polar surface area (TPSA) is 54.4 Å². The van der Waals surface area contributed by atoms with Crippen molar-refractivity contribution in [2.24, 2.45) is 0 Å². The van der Waals surface area contributed by atoms with Gasteiger partial charge in [-0.05, 0) is 60.7 Å². The first-order valence-electron chi connectivity index (χ1n) is 7.95. The number of hydrogen-bond donors (Lipinski definition) is 1. The van der Waals surface area contributed by atoms with Gasteiger partial charge in [0, 0.05) is 38.7 Å².